The number of benzene rings is 1. The second-order valence-corrected chi connectivity index (χ2v) is 4.71. The van der Waals surface area contributed by atoms with E-state index in [4.69, 9.17) is 0 Å². The molecule has 0 aliphatic rings. The van der Waals surface area contributed by atoms with Crippen molar-refractivity contribution in [1.29, 1.82) is 0 Å². The Morgan fingerprint density at radius 2 is 1.78 bits per heavy atom. The van der Waals surface area contributed by atoms with Crippen molar-refractivity contribution in [1.82, 2.24) is 5.32 Å². The van der Waals surface area contributed by atoms with E-state index in [9.17, 15) is 13.2 Å². The highest BCUT2D eigenvalue weighted by Gasteiger charge is 2.09. The molecule has 0 amide bonds. The molecule has 0 aliphatic carbocycles. The summed E-state index contributed by atoms with van der Waals surface area (Å²) in [6.07, 6.45) is 0.857. The lowest BCUT2D eigenvalue weighted by molar-refractivity contribution is 0.444. The van der Waals surface area contributed by atoms with Crippen molar-refractivity contribution in [2.24, 2.45) is 0 Å². The van der Waals surface area contributed by atoms with Gasteiger partial charge < -0.3 is 5.32 Å². The maximum absolute atomic E-state index is 12.9. The van der Waals surface area contributed by atoms with E-state index in [2.05, 4.69) is 10.7 Å². The first kappa shape index (κ1) is 13.1. The summed E-state index contributed by atoms with van der Waals surface area (Å²) in [5, 5.41) is 7.12. The van der Waals surface area contributed by atoms with E-state index in [1.807, 2.05) is 11.4 Å². The third-order valence-electron chi connectivity index (χ3n) is 2.54. The highest BCUT2D eigenvalue weighted by Crippen LogP contribution is 2.13. The topological polar surface area (TPSA) is 12.0 Å². The molecule has 0 aliphatic heterocycles. The molecule has 0 fully saturated rings. The third-order valence-corrected chi connectivity index (χ3v) is 3.28. The van der Waals surface area contributed by atoms with Crippen molar-refractivity contribution in [3.8, 4) is 0 Å². The molecule has 1 nitrogen and oxygen atoms in total. The average molecular weight is 271 g/mol. The molecular weight excluding hydrogens is 259 g/mol. The predicted molar refractivity (Wildman–Crippen MR) is 66.0 cm³/mol. The number of thiophene rings is 1. The molecule has 0 atom stereocenters. The summed E-state index contributed by atoms with van der Waals surface area (Å²) in [6.45, 7) is 1.02. The minimum Gasteiger partial charge on any atom is -0.312 e. The van der Waals surface area contributed by atoms with Crippen LogP contribution in [0.3, 0.4) is 0 Å². The van der Waals surface area contributed by atoms with Crippen LogP contribution in [0.25, 0.3) is 0 Å². The van der Waals surface area contributed by atoms with E-state index >= 15 is 0 Å². The van der Waals surface area contributed by atoms with Crippen molar-refractivity contribution in [2.45, 2.75) is 13.0 Å². The van der Waals surface area contributed by atoms with E-state index in [1.165, 1.54) is 5.56 Å². The quantitative estimate of drug-likeness (QED) is 0.648. The standard InChI is InChI=1S/C13H12F3NS/c14-11-5-10(6-12(15)13(11)16)7-17-3-1-9-2-4-18-8-9/h2,4-6,8,17H,1,3,7H2. The van der Waals surface area contributed by atoms with Crippen LogP contribution < -0.4 is 5.32 Å². The van der Waals surface area contributed by atoms with Gasteiger partial charge in [-0.1, -0.05) is 0 Å². The second kappa shape index (κ2) is 6.02. The molecule has 5 heteroatoms. The normalized spacial score (nSPS) is 10.8. The van der Waals surface area contributed by atoms with Gasteiger partial charge in [0.2, 0.25) is 0 Å². The number of nitrogens with one attached hydrogen (secondary N) is 1. The molecule has 1 aromatic heterocycles. The molecule has 1 aromatic carbocycles. The van der Waals surface area contributed by atoms with Crippen molar-refractivity contribution < 1.29 is 13.2 Å². The summed E-state index contributed by atoms with van der Waals surface area (Å²) in [5.74, 6) is -3.72. The van der Waals surface area contributed by atoms with Crippen LogP contribution in [0.15, 0.2) is 29.0 Å². The molecule has 1 N–H and O–H groups in total. The van der Waals surface area contributed by atoms with Gasteiger partial charge in [-0.25, -0.2) is 13.2 Å². The first-order valence-corrected chi connectivity index (χ1v) is 6.46. The first-order chi connectivity index (χ1) is 8.66. The van der Waals surface area contributed by atoms with E-state index in [-0.39, 0.29) is 0 Å². The van der Waals surface area contributed by atoms with Crippen LogP contribution >= 0.6 is 11.3 Å². The van der Waals surface area contributed by atoms with Crippen molar-refractivity contribution in [2.75, 3.05) is 6.54 Å². The maximum atomic E-state index is 12.9. The maximum Gasteiger partial charge on any atom is 0.194 e. The largest absolute Gasteiger partial charge is 0.312 e. The van der Waals surface area contributed by atoms with Crippen molar-refractivity contribution >= 4 is 11.3 Å². The summed E-state index contributed by atoms with van der Waals surface area (Å²) in [6, 6.07) is 4.05. The molecule has 2 rings (SSSR count). The Balaban J connectivity index is 1.83. The van der Waals surface area contributed by atoms with Gasteiger partial charge in [-0.15, -0.1) is 0 Å². The number of hydrogen-bond donors (Lipinski definition) is 1. The Bertz CT molecular complexity index is 488. The molecule has 18 heavy (non-hydrogen) atoms. The van der Waals surface area contributed by atoms with Gasteiger partial charge in [-0.3, -0.25) is 0 Å². The van der Waals surface area contributed by atoms with Crippen molar-refractivity contribution in [3.63, 3.8) is 0 Å². The molecule has 0 unspecified atom stereocenters. The van der Waals surface area contributed by atoms with Crippen LogP contribution in [0.5, 0.6) is 0 Å². The van der Waals surface area contributed by atoms with E-state index in [0.29, 0.717) is 18.7 Å². The van der Waals surface area contributed by atoms with Gasteiger partial charge in [0, 0.05) is 6.54 Å². The third kappa shape index (κ3) is 3.34. The van der Waals surface area contributed by atoms with E-state index < -0.39 is 17.5 Å². The summed E-state index contributed by atoms with van der Waals surface area (Å²) in [5.41, 5.74) is 1.63. The average Bonchev–Trinajstić information content (AvgIpc) is 2.84. The van der Waals surface area contributed by atoms with Gasteiger partial charge in [0.15, 0.2) is 17.5 Å². The first-order valence-electron chi connectivity index (χ1n) is 5.52. The molecule has 0 radical (unpaired) electrons. The lowest BCUT2D eigenvalue weighted by atomic mass is 10.2. The lowest BCUT2D eigenvalue weighted by Crippen LogP contribution is -2.17. The van der Waals surface area contributed by atoms with Crippen molar-refractivity contribution in [3.05, 3.63) is 57.5 Å². The SMILES string of the molecule is Fc1cc(CNCCc2ccsc2)cc(F)c1F. The Morgan fingerprint density at radius 1 is 1.06 bits per heavy atom. The Hall–Kier alpha value is -1.33. The van der Waals surface area contributed by atoms with Crippen LogP contribution in [0, 0.1) is 17.5 Å². The molecule has 0 saturated carbocycles. The Labute approximate surface area is 107 Å². The number of halogens is 3. The second-order valence-electron chi connectivity index (χ2n) is 3.93. The monoisotopic (exact) mass is 271 g/mol. The summed E-state index contributed by atoms with van der Waals surface area (Å²) in [4.78, 5) is 0. The van der Waals surface area contributed by atoms with Crippen LogP contribution in [-0.4, -0.2) is 6.54 Å². The summed E-state index contributed by atoms with van der Waals surface area (Å²) in [7, 11) is 0. The minimum absolute atomic E-state index is 0.318. The molecule has 1 heterocycles. The zero-order valence-electron chi connectivity index (χ0n) is 9.55. The zero-order valence-corrected chi connectivity index (χ0v) is 10.4. The van der Waals surface area contributed by atoms with Gasteiger partial charge in [0.1, 0.15) is 0 Å². The zero-order chi connectivity index (χ0) is 13.0. The Kier molecular flexibility index (Phi) is 4.38. The highest BCUT2D eigenvalue weighted by atomic mass is 32.1. The molecule has 96 valence electrons. The summed E-state index contributed by atoms with van der Waals surface area (Å²) < 4.78 is 38.6. The highest BCUT2D eigenvalue weighted by molar-refractivity contribution is 7.07. The fraction of sp³-hybridized carbons (Fsp3) is 0.231. The van der Waals surface area contributed by atoms with Gasteiger partial charge in [0.05, 0.1) is 0 Å². The fourth-order valence-electron chi connectivity index (χ4n) is 1.61. The predicted octanol–water partition coefficient (Wildman–Crippen LogP) is 3.50. The molecule has 0 saturated heterocycles. The fourth-order valence-corrected chi connectivity index (χ4v) is 2.31. The number of hydrogen-bond acceptors (Lipinski definition) is 2. The molecular formula is C13H12F3NS. The van der Waals surface area contributed by atoms with Crippen LogP contribution in [0.1, 0.15) is 11.1 Å². The smallest absolute Gasteiger partial charge is 0.194 e. The molecule has 0 spiro atoms. The van der Waals surface area contributed by atoms with Gasteiger partial charge >= 0.3 is 0 Å². The molecule has 2 aromatic rings. The van der Waals surface area contributed by atoms with Gasteiger partial charge in [-0.05, 0) is 53.1 Å². The lowest BCUT2D eigenvalue weighted by Gasteiger charge is -2.05. The van der Waals surface area contributed by atoms with Gasteiger partial charge in [0.25, 0.3) is 0 Å². The van der Waals surface area contributed by atoms with E-state index in [1.54, 1.807) is 11.3 Å². The Morgan fingerprint density at radius 3 is 2.39 bits per heavy atom. The van der Waals surface area contributed by atoms with E-state index in [0.717, 1.165) is 18.6 Å². The number of rotatable bonds is 5. The minimum atomic E-state index is -1.42. The van der Waals surface area contributed by atoms with Crippen LogP contribution in [0.4, 0.5) is 13.2 Å². The molecule has 0 bridgehead atoms. The summed E-state index contributed by atoms with van der Waals surface area (Å²) >= 11 is 1.63. The van der Waals surface area contributed by atoms with Crippen LogP contribution in [-0.2, 0) is 13.0 Å². The van der Waals surface area contributed by atoms with Crippen LogP contribution in [0.2, 0.25) is 0 Å². The van der Waals surface area contributed by atoms with Gasteiger partial charge in [-0.2, -0.15) is 11.3 Å².